The van der Waals surface area contributed by atoms with Crippen LogP contribution in [0.25, 0.3) is 21.3 Å². The van der Waals surface area contributed by atoms with Crippen LogP contribution in [0.2, 0.25) is 0 Å². The third-order valence-electron chi connectivity index (χ3n) is 5.65. The molecule has 2 heterocycles. The molecule has 1 N–H and O–H groups in total. The first kappa shape index (κ1) is 21.0. The average Bonchev–Trinajstić information content (AvgIpc) is 3.26. The van der Waals surface area contributed by atoms with E-state index in [0.29, 0.717) is 15.4 Å². The van der Waals surface area contributed by atoms with Gasteiger partial charge in [0.2, 0.25) is 0 Å². The molecule has 0 saturated heterocycles. The first-order valence-corrected chi connectivity index (χ1v) is 12.5. The third-order valence-corrected chi connectivity index (χ3v) is 7.37. The molecular formula is C25H22N2O3S2. The van der Waals surface area contributed by atoms with Crippen LogP contribution in [0.5, 0.6) is 0 Å². The van der Waals surface area contributed by atoms with Crippen molar-refractivity contribution in [3.05, 3.63) is 81.0 Å². The highest BCUT2D eigenvalue weighted by atomic mass is 32.2. The normalized spacial score (nSPS) is 13.1. The molecule has 7 heteroatoms. The molecule has 1 aliphatic carbocycles. The monoisotopic (exact) mass is 462 g/mol. The van der Waals surface area contributed by atoms with Gasteiger partial charge in [-0.15, -0.1) is 11.3 Å². The van der Waals surface area contributed by atoms with Gasteiger partial charge in [0.05, 0.1) is 11.1 Å². The zero-order chi connectivity index (χ0) is 21.9. The second-order valence-electron chi connectivity index (χ2n) is 7.83. The summed E-state index contributed by atoms with van der Waals surface area (Å²) in [5.41, 5.74) is 5.55. The topological polar surface area (TPSA) is 72.0 Å². The van der Waals surface area contributed by atoms with E-state index in [4.69, 9.17) is 4.74 Å². The van der Waals surface area contributed by atoms with Crippen molar-refractivity contribution in [2.75, 3.05) is 5.75 Å². The van der Waals surface area contributed by atoms with E-state index in [0.717, 1.165) is 29.5 Å². The maximum absolute atomic E-state index is 12.9. The molecule has 0 saturated carbocycles. The number of benzene rings is 2. The fourth-order valence-electron chi connectivity index (χ4n) is 4.02. The fourth-order valence-corrected chi connectivity index (χ4v) is 5.68. The summed E-state index contributed by atoms with van der Waals surface area (Å²) in [7, 11) is 0. The largest absolute Gasteiger partial charge is 0.460 e. The molecule has 0 unspecified atom stereocenters. The quantitative estimate of drug-likeness (QED) is 0.237. The van der Waals surface area contributed by atoms with Gasteiger partial charge in [0, 0.05) is 10.9 Å². The average molecular weight is 463 g/mol. The Hall–Kier alpha value is -2.90. The van der Waals surface area contributed by atoms with Gasteiger partial charge in [-0.2, -0.15) is 0 Å². The Labute approximate surface area is 193 Å². The van der Waals surface area contributed by atoms with Gasteiger partial charge in [-0.05, 0) is 47.9 Å². The smallest absolute Gasteiger partial charge is 0.316 e. The van der Waals surface area contributed by atoms with E-state index < -0.39 is 0 Å². The van der Waals surface area contributed by atoms with Gasteiger partial charge in [0.25, 0.3) is 5.56 Å². The number of ether oxygens (including phenoxy) is 1. The Balaban J connectivity index is 1.31. The summed E-state index contributed by atoms with van der Waals surface area (Å²) in [6.07, 6.45) is 4.70. The first-order valence-electron chi connectivity index (χ1n) is 10.6. The third kappa shape index (κ3) is 4.49. The molecule has 0 radical (unpaired) electrons. The number of aromatic nitrogens is 2. The number of aryl methyl sites for hydroxylation is 2. The van der Waals surface area contributed by atoms with E-state index in [9.17, 15) is 9.59 Å². The van der Waals surface area contributed by atoms with Gasteiger partial charge >= 0.3 is 5.97 Å². The van der Waals surface area contributed by atoms with E-state index in [1.54, 1.807) is 0 Å². The molecule has 0 bridgehead atoms. The zero-order valence-electron chi connectivity index (χ0n) is 17.4. The summed E-state index contributed by atoms with van der Waals surface area (Å²) in [6, 6.07) is 16.1. The number of fused-ring (bicyclic) bond motifs is 2. The summed E-state index contributed by atoms with van der Waals surface area (Å²) in [4.78, 5) is 33.1. The van der Waals surface area contributed by atoms with Crippen LogP contribution >= 0.6 is 23.1 Å². The maximum Gasteiger partial charge on any atom is 0.316 e. The highest BCUT2D eigenvalue weighted by Crippen LogP contribution is 2.34. The van der Waals surface area contributed by atoms with E-state index >= 15 is 0 Å². The lowest BCUT2D eigenvalue weighted by atomic mass is 9.89. The number of hydrogen-bond donors (Lipinski definition) is 1. The summed E-state index contributed by atoms with van der Waals surface area (Å²) in [6.45, 7) is 0.234. The molecular weight excluding hydrogens is 440 g/mol. The summed E-state index contributed by atoms with van der Waals surface area (Å²) < 4.78 is 5.30. The lowest BCUT2D eigenvalue weighted by molar-refractivity contribution is -0.141. The van der Waals surface area contributed by atoms with Crippen molar-refractivity contribution in [1.29, 1.82) is 0 Å². The molecule has 4 aromatic rings. The predicted molar refractivity (Wildman–Crippen MR) is 129 cm³/mol. The molecule has 32 heavy (non-hydrogen) atoms. The van der Waals surface area contributed by atoms with Crippen LogP contribution < -0.4 is 5.56 Å². The van der Waals surface area contributed by atoms with Crippen LogP contribution in [0.3, 0.4) is 0 Å². The zero-order valence-corrected chi connectivity index (χ0v) is 19.1. The van der Waals surface area contributed by atoms with Crippen LogP contribution in [0.4, 0.5) is 0 Å². The van der Waals surface area contributed by atoms with E-state index in [2.05, 4.69) is 28.2 Å². The van der Waals surface area contributed by atoms with Crippen molar-refractivity contribution in [2.24, 2.45) is 0 Å². The minimum Gasteiger partial charge on any atom is -0.460 e. The maximum atomic E-state index is 12.9. The summed E-state index contributed by atoms with van der Waals surface area (Å²) in [5, 5.41) is 3.04. The minimum atomic E-state index is -0.345. The van der Waals surface area contributed by atoms with Crippen molar-refractivity contribution < 1.29 is 9.53 Å². The first-order chi connectivity index (χ1) is 15.7. The van der Waals surface area contributed by atoms with Gasteiger partial charge in [-0.25, -0.2) is 4.98 Å². The number of nitrogens with one attached hydrogen (secondary N) is 1. The van der Waals surface area contributed by atoms with Crippen LogP contribution in [0.1, 0.15) is 29.5 Å². The predicted octanol–water partition coefficient (Wildman–Crippen LogP) is 5.37. The van der Waals surface area contributed by atoms with Crippen molar-refractivity contribution in [1.82, 2.24) is 9.97 Å². The van der Waals surface area contributed by atoms with E-state index in [1.807, 2.05) is 35.7 Å². The van der Waals surface area contributed by atoms with Gasteiger partial charge in [0.1, 0.15) is 11.4 Å². The number of nitrogens with zero attached hydrogens (tertiary/aromatic N) is 1. The molecule has 162 valence electrons. The number of thiophene rings is 1. The van der Waals surface area contributed by atoms with Crippen LogP contribution in [0, 0.1) is 0 Å². The number of carbonyl (C=O) groups excluding carboxylic acids is 1. The Morgan fingerprint density at radius 3 is 2.75 bits per heavy atom. The molecule has 0 aliphatic heterocycles. The molecule has 0 atom stereocenters. The Morgan fingerprint density at radius 2 is 1.91 bits per heavy atom. The van der Waals surface area contributed by atoms with Crippen molar-refractivity contribution in [2.45, 2.75) is 37.4 Å². The second kappa shape index (κ2) is 9.30. The Kier molecular flexibility index (Phi) is 6.10. The molecule has 0 spiro atoms. The Bertz CT molecular complexity index is 1330. The SMILES string of the molecule is O=C(CSc1nc2scc(-c3ccc4c(c3)CCCC4)c2c(=O)[nH]1)OCc1ccccc1. The van der Waals surface area contributed by atoms with E-state index in [-0.39, 0.29) is 23.9 Å². The lowest BCUT2D eigenvalue weighted by Crippen LogP contribution is -2.11. The van der Waals surface area contributed by atoms with Crippen LogP contribution in [-0.2, 0) is 29.0 Å². The van der Waals surface area contributed by atoms with Gasteiger partial charge in [-0.3, -0.25) is 9.59 Å². The molecule has 5 nitrogen and oxygen atoms in total. The van der Waals surface area contributed by atoms with Crippen LogP contribution in [0.15, 0.2) is 63.9 Å². The van der Waals surface area contributed by atoms with E-state index in [1.165, 1.54) is 47.1 Å². The number of esters is 1. The van der Waals surface area contributed by atoms with Crippen molar-refractivity contribution in [3.63, 3.8) is 0 Å². The van der Waals surface area contributed by atoms with Crippen molar-refractivity contribution >= 4 is 39.3 Å². The lowest BCUT2D eigenvalue weighted by Gasteiger charge is -2.16. The standard InChI is InChI=1S/C25H22N2O3S2/c28-21(30-13-16-6-2-1-3-7-16)15-32-25-26-23(29)22-20(14-31-24(22)27-25)19-11-10-17-8-4-5-9-18(17)12-19/h1-3,6-7,10-12,14H,4-5,8-9,13,15H2,(H,26,27,29). The fraction of sp³-hybridized carbons (Fsp3) is 0.240. The summed E-state index contributed by atoms with van der Waals surface area (Å²) in [5.74, 6) is -0.257. The van der Waals surface area contributed by atoms with Gasteiger partial charge in [0.15, 0.2) is 5.16 Å². The van der Waals surface area contributed by atoms with Crippen LogP contribution in [-0.4, -0.2) is 21.7 Å². The number of aromatic amines is 1. The number of hydrogen-bond acceptors (Lipinski definition) is 6. The Morgan fingerprint density at radius 1 is 1.09 bits per heavy atom. The minimum absolute atomic E-state index is 0.0876. The number of carbonyl (C=O) groups is 1. The second-order valence-corrected chi connectivity index (χ2v) is 9.65. The molecule has 2 aromatic carbocycles. The molecule has 5 rings (SSSR count). The molecule has 2 aromatic heterocycles. The highest BCUT2D eigenvalue weighted by Gasteiger charge is 2.16. The molecule has 1 aliphatic rings. The number of rotatable bonds is 6. The number of thioether (sulfide) groups is 1. The van der Waals surface area contributed by atoms with Gasteiger partial charge < -0.3 is 9.72 Å². The summed E-state index contributed by atoms with van der Waals surface area (Å²) >= 11 is 2.64. The molecule has 0 fully saturated rings. The molecule has 0 amide bonds. The van der Waals surface area contributed by atoms with Gasteiger partial charge in [-0.1, -0.05) is 60.3 Å². The number of H-pyrrole nitrogens is 1. The van der Waals surface area contributed by atoms with Crippen molar-refractivity contribution in [3.8, 4) is 11.1 Å². The highest BCUT2D eigenvalue weighted by molar-refractivity contribution is 7.99.